The molecular weight excluding hydrogens is 121 g/mol. The summed E-state index contributed by atoms with van der Waals surface area (Å²) < 4.78 is 0. The largest absolute Gasteiger partial charge is 2.00 e. The summed E-state index contributed by atoms with van der Waals surface area (Å²) in [5.41, 5.74) is 0. The van der Waals surface area contributed by atoms with Crippen molar-refractivity contribution in [2.75, 3.05) is 0 Å². The fourth-order valence-corrected chi connectivity index (χ4v) is 0. The standard InChI is InChI=1S/C2H3.CN.Cu.Li.H/c2*1-2;;;/h1H,2H2;;;;/q2*-1;+2;+1;-1. The summed E-state index contributed by atoms with van der Waals surface area (Å²) in [5, 5.41) is 6.25. The minimum atomic E-state index is 0. The van der Waals surface area contributed by atoms with Crippen LogP contribution in [0.5, 0.6) is 0 Å². The average molecular weight is 125 g/mol. The van der Waals surface area contributed by atoms with E-state index >= 15 is 0 Å². The predicted octanol–water partition coefficient (Wildman–Crippen LogP) is -2.18. The van der Waals surface area contributed by atoms with E-state index in [2.05, 4.69) is 13.2 Å². The Morgan fingerprint density at radius 3 is 1.50 bits per heavy atom. The molecule has 1 radical (unpaired) electrons. The molecule has 0 heterocycles. The quantitative estimate of drug-likeness (QED) is 0.266. The second kappa shape index (κ2) is 840. The van der Waals surface area contributed by atoms with E-state index in [0.29, 0.717) is 0 Å². The minimum absolute atomic E-state index is 0. The average Bonchev–Trinajstić information content (AvgIpc) is 1.50. The van der Waals surface area contributed by atoms with Crippen LogP contribution in [0.1, 0.15) is 1.43 Å². The van der Waals surface area contributed by atoms with Crippen LogP contribution in [0.4, 0.5) is 0 Å². The predicted molar refractivity (Wildman–Crippen MR) is 16.0 cm³/mol. The van der Waals surface area contributed by atoms with E-state index in [-0.39, 0.29) is 37.4 Å². The monoisotopic (exact) mass is 124 g/mol. The van der Waals surface area contributed by atoms with Gasteiger partial charge in [0.25, 0.3) is 0 Å². The van der Waals surface area contributed by atoms with E-state index in [0.717, 1.165) is 0 Å². The Morgan fingerprint density at radius 1 is 1.50 bits per heavy atom. The van der Waals surface area contributed by atoms with Crippen LogP contribution in [0.25, 0.3) is 0 Å². The summed E-state index contributed by atoms with van der Waals surface area (Å²) in [7, 11) is 0. The Labute approximate surface area is 62.6 Å². The zero-order valence-electron chi connectivity index (χ0n) is 4.53. The number of hydrogen-bond acceptors (Lipinski definition) is 1. The molecule has 0 amide bonds. The molecule has 0 aromatic rings. The fraction of sp³-hybridized carbons (Fsp3) is 0. The van der Waals surface area contributed by atoms with Crippen molar-refractivity contribution in [2.24, 2.45) is 0 Å². The van der Waals surface area contributed by atoms with Gasteiger partial charge in [-0.25, -0.2) is 0 Å². The Balaban J connectivity index is -0.00000000267. The van der Waals surface area contributed by atoms with E-state index in [4.69, 9.17) is 11.8 Å². The fourth-order valence-electron chi connectivity index (χ4n) is 0. The maximum Gasteiger partial charge on any atom is 2.00 e. The van der Waals surface area contributed by atoms with Gasteiger partial charge in [-0.3, -0.25) is 6.58 Å². The zero-order valence-corrected chi connectivity index (χ0v) is 4.47. The third kappa shape index (κ3) is 405. The molecule has 0 aliphatic heterocycles. The third-order valence-corrected chi connectivity index (χ3v) is 0. The number of hydrogen-bond donors (Lipinski definition) is 0. The van der Waals surface area contributed by atoms with E-state index in [1.807, 2.05) is 0 Å². The summed E-state index contributed by atoms with van der Waals surface area (Å²) >= 11 is 0. The van der Waals surface area contributed by atoms with Crippen molar-refractivity contribution in [1.82, 2.24) is 0 Å². The van der Waals surface area contributed by atoms with Crippen LogP contribution in [-0.2, 0) is 17.1 Å². The van der Waals surface area contributed by atoms with Gasteiger partial charge >= 0.3 is 35.9 Å². The molecule has 0 unspecified atom stereocenters. The van der Waals surface area contributed by atoms with Crippen molar-refractivity contribution in [3.8, 4) is 0 Å². The van der Waals surface area contributed by atoms with Crippen LogP contribution < -0.4 is 18.9 Å². The first kappa shape index (κ1) is 32.9. The van der Waals surface area contributed by atoms with Gasteiger partial charge in [-0.1, -0.05) is 0 Å². The van der Waals surface area contributed by atoms with Gasteiger partial charge in [-0.05, 0) is 0 Å². The van der Waals surface area contributed by atoms with Gasteiger partial charge in [0.1, 0.15) is 0 Å². The minimum Gasteiger partial charge on any atom is -1.00 e. The van der Waals surface area contributed by atoms with E-state index in [9.17, 15) is 0 Å². The van der Waals surface area contributed by atoms with E-state index < -0.39 is 0 Å². The van der Waals surface area contributed by atoms with Gasteiger partial charge in [0.2, 0.25) is 0 Å². The van der Waals surface area contributed by atoms with Crippen LogP contribution >= 0.6 is 0 Å². The second-order valence-electron chi connectivity index (χ2n) is 0. The molecular formula is C3H4CuLiN. The molecule has 1 nitrogen and oxygen atoms in total. The molecule has 0 aromatic heterocycles. The van der Waals surface area contributed by atoms with Crippen LogP contribution in [0.2, 0.25) is 0 Å². The van der Waals surface area contributed by atoms with Gasteiger partial charge in [-0.2, -0.15) is 0 Å². The van der Waals surface area contributed by atoms with Gasteiger partial charge < -0.3 is 19.8 Å². The van der Waals surface area contributed by atoms with Crippen molar-refractivity contribution in [1.29, 1.82) is 5.26 Å². The molecule has 0 aromatic carbocycles. The molecule has 0 atom stereocenters. The molecule has 0 saturated heterocycles. The van der Waals surface area contributed by atoms with Crippen molar-refractivity contribution in [3.05, 3.63) is 19.7 Å². The number of nitrogens with zero attached hydrogens (tertiary/aromatic N) is 1. The normalized spacial score (nSPS) is 1.00. The van der Waals surface area contributed by atoms with Crippen molar-refractivity contribution in [2.45, 2.75) is 0 Å². The molecule has 0 N–H and O–H groups in total. The molecule has 0 aliphatic rings. The van der Waals surface area contributed by atoms with Gasteiger partial charge in [0, 0.05) is 0 Å². The Hall–Kier alpha value is 0.347. The van der Waals surface area contributed by atoms with Crippen molar-refractivity contribution in [3.63, 3.8) is 0 Å². The summed E-state index contributed by atoms with van der Waals surface area (Å²) in [6.07, 6.45) is 0. The van der Waals surface area contributed by atoms with Crippen molar-refractivity contribution < 1.29 is 37.4 Å². The SMILES string of the molecule is [C-]#N.[CH-]=C.[Cu+2].[H-].[Li+]. The summed E-state index contributed by atoms with van der Waals surface area (Å²) in [4.78, 5) is 0. The summed E-state index contributed by atoms with van der Waals surface area (Å²) in [6.45, 7) is 11.8. The topological polar surface area (TPSA) is 23.8 Å². The molecule has 0 fully saturated rings. The third-order valence-electron chi connectivity index (χ3n) is 0. The molecule has 3 heteroatoms. The first-order valence-corrected chi connectivity index (χ1v) is 0.632. The molecule has 6 heavy (non-hydrogen) atoms. The zero-order chi connectivity index (χ0) is 4.00. The molecule has 0 saturated carbocycles. The molecule has 0 aliphatic carbocycles. The summed E-state index contributed by atoms with van der Waals surface area (Å²) in [6, 6.07) is 0. The smallest absolute Gasteiger partial charge is 1.00 e. The van der Waals surface area contributed by atoms with Crippen LogP contribution in [0.15, 0.2) is 6.58 Å². The first-order valence-electron chi connectivity index (χ1n) is 0.632. The Kier molecular flexibility index (Phi) is 4610. The second-order valence-corrected chi connectivity index (χ2v) is 0. The maximum absolute atomic E-state index is 6.25. The van der Waals surface area contributed by atoms with Gasteiger partial charge in [0.15, 0.2) is 0 Å². The Morgan fingerprint density at radius 2 is 1.50 bits per heavy atom. The molecule has 0 bridgehead atoms. The molecule has 0 rings (SSSR count). The summed E-state index contributed by atoms with van der Waals surface area (Å²) in [5.74, 6) is 0. The molecule has 0 spiro atoms. The maximum atomic E-state index is 6.25. The first-order chi connectivity index (χ1) is 2.00. The van der Waals surface area contributed by atoms with Crippen LogP contribution in [-0.4, -0.2) is 0 Å². The van der Waals surface area contributed by atoms with Crippen LogP contribution in [0.3, 0.4) is 0 Å². The van der Waals surface area contributed by atoms with E-state index in [1.165, 1.54) is 0 Å². The van der Waals surface area contributed by atoms with Gasteiger partial charge in [0.05, 0.1) is 0 Å². The number of rotatable bonds is 0. The van der Waals surface area contributed by atoms with Crippen molar-refractivity contribution >= 4 is 0 Å². The molecule has 33 valence electrons. The Bertz CT molecular complexity index is 26.1. The van der Waals surface area contributed by atoms with Crippen LogP contribution in [0, 0.1) is 18.4 Å². The van der Waals surface area contributed by atoms with E-state index in [1.54, 1.807) is 0 Å². The van der Waals surface area contributed by atoms with Gasteiger partial charge in [-0.15, -0.1) is 0 Å².